The van der Waals surface area contributed by atoms with Gasteiger partial charge in [-0.25, -0.2) is 4.79 Å². The van der Waals surface area contributed by atoms with E-state index in [-0.39, 0.29) is 5.91 Å². The minimum absolute atomic E-state index is 0.220. The van der Waals surface area contributed by atoms with Crippen LogP contribution in [0.1, 0.15) is 31.2 Å². The number of imide groups is 1. The number of urea groups is 1. The molecule has 0 aliphatic carbocycles. The van der Waals surface area contributed by atoms with Gasteiger partial charge in [-0.1, -0.05) is 30.3 Å². The van der Waals surface area contributed by atoms with Gasteiger partial charge in [-0.2, -0.15) is 0 Å². The number of likely N-dealkylation sites (tertiary alicyclic amines) is 1. The monoisotopic (exact) mass is 346 g/mol. The molecule has 0 spiro atoms. The van der Waals surface area contributed by atoms with Crippen LogP contribution in [-0.2, 0) is 11.3 Å². The van der Waals surface area contributed by atoms with Gasteiger partial charge in [0.05, 0.1) is 0 Å². The maximum absolute atomic E-state index is 11.9. The SMILES string of the molecule is CNCCC1CCN(CCC(=O)NC(=O)NCc2ccccc2)CC1. The average molecular weight is 346 g/mol. The molecule has 0 radical (unpaired) electrons. The van der Waals surface area contributed by atoms with Crippen molar-refractivity contribution >= 4 is 11.9 Å². The maximum Gasteiger partial charge on any atom is 0.321 e. The van der Waals surface area contributed by atoms with E-state index in [9.17, 15) is 9.59 Å². The van der Waals surface area contributed by atoms with Gasteiger partial charge in [0.1, 0.15) is 0 Å². The van der Waals surface area contributed by atoms with E-state index < -0.39 is 6.03 Å². The Morgan fingerprint density at radius 2 is 1.88 bits per heavy atom. The van der Waals surface area contributed by atoms with Crippen LogP contribution in [0.3, 0.4) is 0 Å². The van der Waals surface area contributed by atoms with Gasteiger partial charge in [0.15, 0.2) is 0 Å². The van der Waals surface area contributed by atoms with E-state index in [1.165, 1.54) is 19.3 Å². The van der Waals surface area contributed by atoms with Crippen molar-refractivity contribution in [3.63, 3.8) is 0 Å². The van der Waals surface area contributed by atoms with Crippen LogP contribution in [0.5, 0.6) is 0 Å². The third-order valence-electron chi connectivity index (χ3n) is 4.71. The summed E-state index contributed by atoms with van der Waals surface area (Å²) in [6.07, 6.45) is 3.98. The Balaban J connectivity index is 1.57. The molecular formula is C19H30N4O2. The van der Waals surface area contributed by atoms with Crippen LogP contribution in [0.2, 0.25) is 0 Å². The number of amides is 3. The van der Waals surface area contributed by atoms with E-state index in [1.807, 2.05) is 37.4 Å². The normalized spacial score (nSPS) is 15.7. The van der Waals surface area contributed by atoms with Crippen molar-refractivity contribution in [2.75, 3.05) is 33.2 Å². The van der Waals surface area contributed by atoms with Crippen LogP contribution < -0.4 is 16.0 Å². The number of benzene rings is 1. The number of carbonyl (C=O) groups is 2. The molecule has 1 saturated heterocycles. The van der Waals surface area contributed by atoms with E-state index >= 15 is 0 Å². The summed E-state index contributed by atoms with van der Waals surface area (Å²) in [6, 6.07) is 9.20. The molecule has 0 saturated carbocycles. The lowest BCUT2D eigenvalue weighted by atomic mass is 9.93. The van der Waals surface area contributed by atoms with Crippen molar-refractivity contribution < 1.29 is 9.59 Å². The summed E-state index contributed by atoms with van der Waals surface area (Å²) < 4.78 is 0. The zero-order chi connectivity index (χ0) is 17.9. The van der Waals surface area contributed by atoms with Gasteiger partial charge in [0.2, 0.25) is 5.91 Å². The molecule has 0 bridgehead atoms. The highest BCUT2D eigenvalue weighted by molar-refractivity contribution is 5.94. The Labute approximate surface area is 150 Å². The fraction of sp³-hybridized carbons (Fsp3) is 0.579. The van der Waals surface area contributed by atoms with Crippen LogP contribution in [0, 0.1) is 5.92 Å². The van der Waals surface area contributed by atoms with Crippen molar-refractivity contribution in [3.05, 3.63) is 35.9 Å². The molecule has 3 amide bonds. The van der Waals surface area contributed by atoms with Crippen LogP contribution >= 0.6 is 0 Å². The molecular weight excluding hydrogens is 316 g/mol. The van der Waals surface area contributed by atoms with Crippen LogP contribution in [-0.4, -0.2) is 50.1 Å². The molecule has 0 atom stereocenters. The van der Waals surface area contributed by atoms with Gasteiger partial charge in [0.25, 0.3) is 0 Å². The molecule has 0 aromatic heterocycles. The smallest absolute Gasteiger partial charge is 0.321 e. The summed E-state index contributed by atoms with van der Waals surface area (Å²) in [5.41, 5.74) is 1.01. The van der Waals surface area contributed by atoms with Crippen LogP contribution in [0.4, 0.5) is 4.79 Å². The predicted molar refractivity (Wildman–Crippen MR) is 99.1 cm³/mol. The van der Waals surface area contributed by atoms with Crippen molar-refractivity contribution in [1.82, 2.24) is 20.9 Å². The average Bonchev–Trinajstić information content (AvgIpc) is 2.65. The van der Waals surface area contributed by atoms with Crippen molar-refractivity contribution in [1.29, 1.82) is 0 Å². The van der Waals surface area contributed by atoms with E-state index in [0.717, 1.165) is 37.7 Å². The Hall–Kier alpha value is -1.92. The summed E-state index contributed by atoms with van der Waals surface area (Å²) in [5.74, 6) is 0.573. The second-order valence-electron chi connectivity index (χ2n) is 6.64. The summed E-state index contributed by atoms with van der Waals surface area (Å²) >= 11 is 0. The Morgan fingerprint density at radius 1 is 1.16 bits per heavy atom. The van der Waals surface area contributed by atoms with E-state index in [4.69, 9.17) is 0 Å². The molecule has 2 rings (SSSR count). The third-order valence-corrected chi connectivity index (χ3v) is 4.71. The van der Waals surface area contributed by atoms with Crippen LogP contribution in [0.15, 0.2) is 30.3 Å². The highest BCUT2D eigenvalue weighted by Crippen LogP contribution is 2.19. The lowest BCUT2D eigenvalue weighted by molar-refractivity contribution is -0.120. The van der Waals surface area contributed by atoms with Gasteiger partial charge in [-0.05, 0) is 57.4 Å². The summed E-state index contributed by atoms with van der Waals surface area (Å²) in [6.45, 7) is 4.30. The molecule has 6 nitrogen and oxygen atoms in total. The first-order valence-electron chi connectivity index (χ1n) is 9.16. The molecule has 25 heavy (non-hydrogen) atoms. The Morgan fingerprint density at radius 3 is 2.56 bits per heavy atom. The van der Waals surface area contributed by atoms with Gasteiger partial charge < -0.3 is 15.5 Å². The lowest BCUT2D eigenvalue weighted by Crippen LogP contribution is -2.41. The number of rotatable bonds is 8. The topological polar surface area (TPSA) is 73.5 Å². The number of nitrogens with zero attached hydrogens (tertiary/aromatic N) is 1. The molecule has 1 aliphatic rings. The highest BCUT2D eigenvalue weighted by Gasteiger charge is 2.19. The minimum atomic E-state index is -0.431. The number of nitrogens with one attached hydrogen (secondary N) is 3. The van der Waals surface area contributed by atoms with E-state index in [1.54, 1.807) is 0 Å². The standard InChI is InChI=1S/C19H30N4O2/c1-20-11-7-16-8-12-23(13-9-16)14-10-18(24)22-19(25)21-15-17-5-3-2-4-6-17/h2-6,16,20H,7-15H2,1H3,(H2,21,22,24,25). The number of hydrogen-bond donors (Lipinski definition) is 3. The molecule has 1 fully saturated rings. The maximum atomic E-state index is 11.9. The molecule has 1 aromatic carbocycles. The van der Waals surface area contributed by atoms with Gasteiger partial charge in [-0.15, -0.1) is 0 Å². The molecule has 6 heteroatoms. The first-order chi connectivity index (χ1) is 12.2. The largest absolute Gasteiger partial charge is 0.334 e. The zero-order valence-electron chi connectivity index (χ0n) is 15.1. The molecule has 3 N–H and O–H groups in total. The van der Waals surface area contributed by atoms with Gasteiger partial charge in [-0.3, -0.25) is 10.1 Å². The molecule has 0 unspecified atom stereocenters. The first-order valence-corrected chi connectivity index (χ1v) is 9.16. The second kappa shape index (κ2) is 10.8. The number of hydrogen-bond acceptors (Lipinski definition) is 4. The van der Waals surface area contributed by atoms with Gasteiger partial charge in [0, 0.05) is 19.5 Å². The highest BCUT2D eigenvalue weighted by atomic mass is 16.2. The third kappa shape index (κ3) is 7.67. The summed E-state index contributed by atoms with van der Waals surface area (Å²) in [5, 5.41) is 8.31. The Bertz CT molecular complexity index is 527. The van der Waals surface area contributed by atoms with Crippen molar-refractivity contribution in [3.8, 4) is 0 Å². The summed E-state index contributed by atoms with van der Waals surface area (Å²) in [7, 11) is 1.99. The fourth-order valence-electron chi connectivity index (χ4n) is 3.12. The van der Waals surface area contributed by atoms with Gasteiger partial charge >= 0.3 is 6.03 Å². The fourth-order valence-corrected chi connectivity index (χ4v) is 3.12. The summed E-state index contributed by atoms with van der Waals surface area (Å²) in [4.78, 5) is 26.0. The molecule has 1 aromatic rings. The second-order valence-corrected chi connectivity index (χ2v) is 6.64. The quantitative estimate of drug-likeness (QED) is 0.670. The number of carbonyl (C=O) groups excluding carboxylic acids is 2. The zero-order valence-corrected chi connectivity index (χ0v) is 15.1. The predicted octanol–water partition coefficient (Wildman–Crippen LogP) is 1.72. The molecule has 1 heterocycles. The van der Waals surface area contributed by atoms with E-state index in [0.29, 0.717) is 13.0 Å². The first kappa shape index (κ1) is 19.4. The van der Waals surface area contributed by atoms with Crippen molar-refractivity contribution in [2.24, 2.45) is 5.92 Å². The lowest BCUT2D eigenvalue weighted by Gasteiger charge is -2.31. The van der Waals surface area contributed by atoms with E-state index in [2.05, 4.69) is 20.9 Å². The molecule has 1 aliphatic heterocycles. The Kier molecular flexibility index (Phi) is 8.42. The van der Waals surface area contributed by atoms with Crippen LogP contribution in [0.25, 0.3) is 0 Å². The number of piperidine rings is 1. The molecule has 138 valence electrons. The minimum Gasteiger partial charge on any atom is -0.334 e. The van der Waals surface area contributed by atoms with Crippen molar-refractivity contribution in [2.45, 2.75) is 32.2 Å².